The number of nitrogens with one attached hydrogen (secondary N) is 1. The number of amides is 2. The lowest BCUT2D eigenvalue weighted by Crippen LogP contribution is -2.49. The van der Waals surface area contributed by atoms with Crippen LogP contribution in [-0.4, -0.2) is 43.7 Å². The van der Waals surface area contributed by atoms with Crippen LogP contribution in [0.25, 0.3) is 10.8 Å². The largest absolute Gasteiger partial charge is 0.366 e. The van der Waals surface area contributed by atoms with E-state index in [4.69, 9.17) is 5.73 Å². The van der Waals surface area contributed by atoms with Gasteiger partial charge in [0.2, 0.25) is 11.8 Å². The quantitative estimate of drug-likeness (QED) is 0.767. The minimum absolute atomic E-state index is 0.0242. The zero-order valence-corrected chi connectivity index (χ0v) is 16.7. The number of benzene rings is 2. The number of nitrogens with zero attached hydrogens (tertiary/aromatic N) is 1. The number of carbonyl (C=O) groups is 2. The Morgan fingerprint density at radius 2 is 1.75 bits per heavy atom. The maximum absolute atomic E-state index is 13.6. The van der Waals surface area contributed by atoms with Crippen molar-refractivity contribution in [2.24, 2.45) is 5.73 Å². The Balaban J connectivity index is 2.17. The highest BCUT2D eigenvalue weighted by Gasteiger charge is 2.36. The van der Waals surface area contributed by atoms with E-state index in [1.165, 1.54) is 12.1 Å². The molecule has 0 bridgehead atoms. The minimum atomic E-state index is -4.09. The zero-order chi connectivity index (χ0) is 20.3. The Bertz CT molecular complexity index is 998. The smallest absolute Gasteiger partial charge is 0.267 e. The molecule has 8 heteroatoms. The second-order valence-electron chi connectivity index (χ2n) is 6.95. The van der Waals surface area contributed by atoms with E-state index in [-0.39, 0.29) is 22.9 Å². The van der Waals surface area contributed by atoms with Crippen molar-refractivity contribution in [1.82, 2.24) is 9.62 Å². The van der Waals surface area contributed by atoms with Gasteiger partial charge in [-0.3, -0.25) is 9.59 Å². The van der Waals surface area contributed by atoms with Gasteiger partial charge < -0.3 is 11.1 Å². The fourth-order valence-corrected chi connectivity index (χ4v) is 5.59. The second kappa shape index (κ2) is 8.28. The van der Waals surface area contributed by atoms with Crippen LogP contribution in [0.15, 0.2) is 41.3 Å². The van der Waals surface area contributed by atoms with Gasteiger partial charge in [-0.2, -0.15) is 0 Å². The molecule has 0 unspecified atom stereocenters. The van der Waals surface area contributed by atoms with Gasteiger partial charge in [0.05, 0.1) is 10.9 Å². The van der Waals surface area contributed by atoms with E-state index in [9.17, 15) is 18.0 Å². The Kier molecular flexibility index (Phi) is 6.00. The van der Waals surface area contributed by atoms with Crippen LogP contribution in [-0.2, 0) is 14.8 Å². The summed E-state index contributed by atoms with van der Waals surface area (Å²) in [5, 5.41) is 4.05. The summed E-state index contributed by atoms with van der Waals surface area (Å²) in [5.41, 5.74) is 5.70. The number of hydrogen-bond donors (Lipinski definition) is 2. The number of carbonyl (C=O) groups excluding carboxylic acids is 2. The number of hydrogen-bond acceptors (Lipinski definition) is 5. The van der Waals surface area contributed by atoms with Gasteiger partial charge in [-0.15, -0.1) is 0 Å². The van der Waals surface area contributed by atoms with Crippen LogP contribution in [0, 0.1) is 0 Å². The fraction of sp³-hybridized carbons (Fsp3) is 0.400. The first kappa shape index (κ1) is 20.3. The Hall–Kier alpha value is -2.45. The molecule has 0 aliphatic carbocycles. The topological polar surface area (TPSA) is 110 Å². The van der Waals surface area contributed by atoms with Gasteiger partial charge in [-0.05, 0) is 49.9 Å². The summed E-state index contributed by atoms with van der Waals surface area (Å²) in [7, 11) is -4.09. The van der Waals surface area contributed by atoms with Crippen LogP contribution in [0.2, 0.25) is 0 Å². The van der Waals surface area contributed by atoms with Crippen LogP contribution < -0.4 is 11.1 Å². The van der Waals surface area contributed by atoms with Gasteiger partial charge in [-0.1, -0.05) is 31.2 Å². The van der Waals surface area contributed by atoms with Gasteiger partial charge in [0.1, 0.15) is 0 Å². The lowest BCUT2D eigenvalue weighted by Gasteiger charge is -2.34. The first-order valence-corrected chi connectivity index (χ1v) is 10.9. The minimum Gasteiger partial charge on any atom is -0.366 e. The molecule has 1 fully saturated rings. The van der Waals surface area contributed by atoms with Gasteiger partial charge in [0.15, 0.2) is 0 Å². The summed E-state index contributed by atoms with van der Waals surface area (Å²) < 4.78 is 28.3. The predicted octanol–water partition coefficient (Wildman–Crippen LogP) is 2.01. The first-order chi connectivity index (χ1) is 13.4. The molecule has 0 saturated carbocycles. The van der Waals surface area contributed by atoms with E-state index >= 15 is 0 Å². The van der Waals surface area contributed by atoms with E-state index in [2.05, 4.69) is 5.32 Å². The molecule has 150 valence electrons. The maximum atomic E-state index is 13.6. The SMILES string of the molecule is CCCC(=O)N(C1CCNCC1)S(=O)(=O)c1ccc(C(N)=O)c2ccccc12. The van der Waals surface area contributed by atoms with Gasteiger partial charge >= 0.3 is 0 Å². The van der Waals surface area contributed by atoms with Crippen molar-refractivity contribution < 1.29 is 18.0 Å². The fourth-order valence-electron chi connectivity index (χ4n) is 3.72. The van der Waals surface area contributed by atoms with E-state index in [0.717, 1.165) is 4.31 Å². The summed E-state index contributed by atoms with van der Waals surface area (Å²) in [5.74, 6) is -1.02. The normalized spacial score (nSPS) is 15.5. The van der Waals surface area contributed by atoms with E-state index in [1.807, 2.05) is 6.92 Å². The molecule has 2 amide bonds. The molecule has 1 saturated heterocycles. The Morgan fingerprint density at radius 1 is 1.11 bits per heavy atom. The number of nitrogens with two attached hydrogens (primary N) is 1. The molecule has 0 spiro atoms. The molecule has 2 aromatic carbocycles. The van der Waals surface area contributed by atoms with Gasteiger partial charge in [-0.25, -0.2) is 12.7 Å². The van der Waals surface area contributed by atoms with E-state index < -0.39 is 21.8 Å². The Morgan fingerprint density at radius 3 is 2.36 bits per heavy atom. The molecule has 0 atom stereocenters. The molecule has 0 aromatic heterocycles. The van der Waals surface area contributed by atoms with E-state index in [0.29, 0.717) is 43.1 Å². The molecule has 3 N–H and O–H groups in total. The lowest BCUT2D eigenvalue weighted by atomic mass is 10.0. The molecule has 1 heterocycles. The van der Waals surface area contributed by atoms with Crippen LogP contribution in [0.1, 0.15) is 43.0 Å². The van der Waals surface area contributed by atoms with Crippen molar-refractivity contribution in [3.63, 3.8) is 0 Å². The van der Waals surface area contributed by atoms with Crippen molar-refractivity contribution >= 4 is 32.6 Å². The van der Waals surface area contributed by atoms with Crippen molar-refractivity contribution in [1.29, 1.82) is 0 Å². The molecule has 1 aliphatic rings. The number of rotatable bonds is 6. The summed E-state index contributed by atoms with van der Waals surface area (Å²) >= 11 is 0. The van der Waals surface area contributed by atoms with E-state index in [1.54, 1.807) is 24.3 Å². The van der Waals surface area contributed by atoms with Crippen LogP contribution in [0.4, 0.5) is 0 Å². The molecule has 3 rings (SSSR count). The number of fused-ring (bicyclic) bond motifs is 1. The molecule has 28 heavy (non-hydrogen) atoms. The van der Waals surface area contributed by atoms with Crippen LogP contribution >= 0.6 is 0 Å². The summed E-state index contributed by atoms with van der Waals surface area (Å²) in [6.07, 6.45) is 1.88. The average molecular weight is 404 g/mol. The van der Waals surface area contributed by atoms with Crippen LogP contribution in [0.5, 0.6) is 0 Å². The molecular formula is C20H25N3O4S. The summed E-state index contributed by atoms with van der Waals surface area (Å²) in [6.45, 7) is 3.18. The molecule has 2 aromatic rings. The summed E-state index contributed by atoms with van der Waals surface area (Å²) in [6, 6.07) is 9.15. The number of piperidine rings is 1. The monoisotopic (exact) mass is 403 g/mol. The van der Waals surface area contributed by atoms with Crippen molar-refractivity contribution in [3.8, 4) is 0 Å². The standard InChI is InChI=1S/C20H25N3O4S/c1-2-5-19(24)23(14-10-12-22-13-11-14)28(26,27)18-9-8-17(20(21)25)15-6-3-4-7-16(15)18/h3-4,6-9,14,22H,2,5,10-13H2,1H3,(H2,21,25). The highest BCUT2D eigenvalue weighted by atomic mass is 32.2. The third kappa shape index (κ3) is 3.74. The number of primary amides is 1. The van der Waals surface area contributed by atoms with Crippen LogP contribution in [0.3, 0.4) is 0 Å². The highest BCUT2D eigenvalue weighted by molar-refractivity contribution is 7.90. The van der Waals surface area contributed by atoms with Crippen molar-refractivity contribution in [2.45, 2.75) is 43.5 Å². The lowest BCUT2D eigenvalue weighted by molar-refractivity contribution is -0.128. The first-order valence-electron chi connectivity index (χ1n) is 9.47. The van der Waals surface area contributed by atoms with Gasteiger partial charge in [0, 0.05) is 17.4 Å². The molecule has 0 radical (unpaired) electrons. The molecular weight excluding hydrogens is 378 g/mol. The number of sulfonamides is 1. The Labute approximate surface area is 164 Å². The third-order valence-corrected chi connectivity index (χ3v) is 6.97. The van der Waals surface area contributed by atoms with Gasteiger partial charge in [0.25, 0.3) is 10.0 Å². The third-order valence-electron chi connectivity index (χ3n) is 5.04. The highest BCUT2D eigenvalue weighted by Crippen LogP contribution is 2.31. The molecule has 7 nitrogen and oxygen atoms in total. The average Bonchev–Trinajstić information content (AvgIpc) is 2.68. The van der Waals surface area contributed by atoms with Crippen molar-refractivity contribution in [3.05, 3.63) is 42.0 Å². The molecule has 1 aliphatic heterocycles. The predicted molar refractivity (Wildman–Crippen MR) is 107 cm³/mol. The summed E-state index contributed by atoms with van der Waals surface area (Å²) in [4.78, 5) is 24.6. The van der Waals surface area contributed by atoms with Crippen molar-refractivity contribution in [2.75, 3.05) is 13.1 Å². The maximum Gasteiger partial charge on any atom is 0.267 e. The second-order valence-corrected chi connectivity index (χ2v) is 8.73. The zero-order valence-electron chi connectivity index (χ0n) is 15.8.